The van der Waals surface area contributed by atoms with Gasteiger partial charge in [-0.2, -0.15) is 0 Å². The Hall–Kier alpha value is -1.60. The van der Waals surface area contributed by atoms with Crippen LogP contribution in [0.3, 0.4) is 0 Å². The molecule has 0 fully saturated rings. The van der Waals surface area contributed by atoms with E-state index in [1.807, 2.05) is 6.92 Å². The van der Waals surface area contributed by atoms with Crippen molar-refractivity contribution in [2.45, 2.75) is 13.3 Å². The van der Waals surface area contributed by atoms with Crippen molar-refractivity contribution in [3.05, 3.63) is 34.4 Å². The van der Waals surface area contributed by atoms with Gasteiger partial charge >= 0.3 is 0 Å². The van der Waals surface area contributed by atoms with E-state index < -0.39 is 17.5 Å². The van der Waals surface area contributed by atoms with Crippen LogP contribution in [-0.4, -0.2) is 23.9 Å². The van der Waals surface area contributed by atoms with Crippen LogP contribution in [0.4, 0.5) is 8.78 Å². The van der Waals surface area contributed by atoms with Crippen molar-refractivity contribution in [1.82, 2.24) is 4.90 Å². The summed E-state index contributed by atoms with van der Waals surface area (Å²) in [4.78, 5) is 13.3. The molecule has 0 saturated carbocycles. The molecule has 2 nitrogen and oxygen atoms in total. The quantitative estimate of drug-likeness (QED) is 0.609. The molecular formula is C13H12ClF2NO. The topological polar surface area (TPSA) is 20.3 Å². The van der Waals surface area contributed by atoms with Crippen molar-refractivity contribution >= 4 is 17.5 Å². The number of terminal acetylenes is 1. The van der Waals surface area contributed by atoms with E-state index in [0.717, 1.165) is 12.1 Å². The monoisotopic (exact) mass is 271 g/mol. The van der Waals surface area contributed by atoms with Crippen molar-refractivity contribution < 1.29 is 13.6 Å². The first-order chi connectivity index (χ1) is 8.51. The lowest BCUT2D eigenvalue weighted by atomic mass is 10.1. The van der Waals surface area contributed by atoms with Crippen LogP contribution >= 0.6 is 11.6 Å². The molecule has 1 aromatic rings. The molecule has 0 aromatic heterocycles. The normalized spacial score (nSPS) is 9.94. The van der Waals surface area contributed by atoms with Gasteiger partial charge < -0.3 is 4.90 Å². The molecule has 96 valence electrons. The van der Waals surface area contributed by atoms with Crippen LogP contribution in [0, 0.1) is 24.0 Å². The largest absolute Gasteiger partial charge is 0.327 e. The molecule has 0 unspecified atom stereocenters. The lowest BCUT2D eigenvalue weighted by molar-refractivity contribution is 0.0771. The van der Waals surface area contributed by atoms with E-state index in [4.69, 9.17) is 18.0 Å². The van der Waals surface area contributed by atoms with Crippen LogP contribution in [0.25, 0.3) is 0 Å². The third-order valence-electron chi connectivity index (χ3n) is 2.30. The number of amides is 1. The van der Waals surface area contributed by atoms with E-state index in [2.05, 4.69) is 5.92 Å². The Bertz CT molecular complexity index is 496. The highest BCUT2D eigenvalue weighted by molar-refractivity contribution is 6.30. The van der Waals surface area contributed by atoms with Crippen molar-refractivity contribution in [3.63, 3.8) is 0 Å². The first-order valence-electron chi connectivity index (χ1n) is 5.38. The van der Waals surface area contributed by atoms with Crippen LogP contribution in [-0.2, 0) is 0 Å². The van der Waals surface area contributed by atoms with Crippen molar-refractivity contribution in [2.24, 2.45) is 0 Å². The highest BCUT2D eigenvalue weighted by atomic mass is 35.5. The fraction of sp³-hybridized carbons (Fsp3) is 0.308. The maximum atomic E-state index is 13.6. The summed E-state index contributed by atoms with van der Waals surface area (Å²) in [6.07, 6.45) is 5.81. The molecule has 0 saturated heterocycles. The van der Waals surface area contributed by atoms with Gasteiger partial charge in [-0.05, 0) is 18.6 Å². The number of hydrogen-bond donors (Lipinski definition) is 0. The van der Waals surface area contributed by atoms with Gasteiger partial charge in [-0.15, -0.1) is 6.42 Å². The third kappa shape index (κ3) is 3.21. The SMILES string of the molecule is C#CCN(CCC)C(=O)c1cc(F)c(Cl)cc1F. The number of hydrogen-bond acceptors (Lipinski definition) is 1. The molecule has 5 heteroatoms. The van der Waals surface area contributed by atoms with Crippen LogP contribution in [0.5, 0.6) is 0 Å². The van der Waals surface area contributed by atoms with Crippen LogP contribution < -0.4 is 0 Å². The van der Waals surface area contributed by atoms with E-state index in [1.165, 1.54) is 4.90 Å². The molecular weight excluding hydrogens is 260 g/mol. The lowest BCUT2D eigenvalue weighted by Crippen LogP contribution is -2.32. The first kappa shape index (κ1) is 14.5. The second-order valence-corrected chi connectivity index (χ2v) is 4.08. The van der Waals surface area contributed by atoms with Gasteiger partial charge in [-0.1, -0.05) is 24.4 Å². The van der Waals surface area contributed by atoms with Crippen LogP contribution in [0.1, 0.15) is 23.7 Å². The Morgan fingerprint density at radius 2 is 2.11 bits per heavy atom. The average molecular weight is 272 g/mol. The molecule has 18 heavy (non-hydrogen) atoms. The van der Waals surface area contributed by atoms with Gasteiger partial charge in [0.1, 0.15) is 11.6 Å². The minimum absolute atomic E-state index is 0.0519. The molecule has 0 radical (unpaired) electrons. The van der Waals surface area contributed by atoms with Gasteiger partial charge in [-0.25, -0.2) is 8.78 Å². The van der Waals surface area contributed by atoms with E-state index in [0.29, 0.717) is 13.0 Å². The fourth-order valence-electron chi connectivity index (χ4n) is 1.49. The van der Waals surface area contributed by atoms with E-state index >= 15 is 0 Å². The molecule has 0 heterocycles. The molecule has 0 aliphatic carbocycles. The number of carbonyl (C=O) groups excluding carboxylic acids is 1. The van der Waals surface area contributed by atoms with E-state index in [-0.39, 0.29) is 17.1 Å². The van der Waals surface area contributed by atoms with Gasteiger partial charge in [0.2, 0.25) is 0 Å². The van der Waals surface area contributed by atoms with Gasteiger partial charge in [0, 0.05) is 6.54 Å². The van der Waals surface area contributed by atoms with E-state index in [9.17, 15) is 13.6 Å². The maximum Gasteiger partial charge on any atom is 0.257 e. The molecule has 0 spiro atoms. The summed E-state index contributed by atoms with van der Waals surface area (Å²) < 4.78 is 26.8. The predicted molar refractivity (Wildman–Crippen MR) is 66.4 cm³/mol. The predicted octanol–water partition coefficient (Wildman–Crippen LogP) is 3.10. The third-order valence-corrected chi connectivity index (χ3v) is 2.59. The van der Waals surface area contributed by atoms with E-state index in [1.54, 1.807) is 0 Å². The number of rotatable bonds is 4. The summed E-state index contributed by atoms with van der Waals surface area (Å²) >= 11 is 5.42. The summed E-state index contributed by atoms with van der Waals surface area (Å²) in [6.45, 7) is 2.29. The number of nitrogens with zero attached hydrogens (tertiary/aromatic N) is 1. The Balaban J connectivity index is 3.09. The minimum atomic E-state index is -0.857. The average Bonchev–Trinajstić information content (AvgIpc) is 2.33. The summed E-state index contributed by atoms with van der Waals surface area (Å²) in [5.74, 6) is -0.0163. The molecule has 0 aliphatic heterocycles. The van der Waals surface area contributed by atoms with Crippen molar-refractivity contribution in [1.29, 1.82) is 0 Å². The Morgan fingerprint density at radius 1 is 1.44 bits per heavy atom. The van der Waals surface area contributed by atoms with Crippen molar-refractivity contribution in [3.8, 4) is 12.3 Å². The highest BCUT2D eigenvalue weighted by Gasteiger charge is 2.20. The van der Waals surface area contributed by atoms with Gasteiger partial charge in [-0.3, -0.25) is 4.79 Å². The summed E-state index contributed by atoms with van der Waals surface area (Å²) in [5, 5.41) is -0.358. The Morgan fingerprint density at radius 3 is 2.67 bits per heavy atom. The summed E-state index contributed by atoms with van der Waals surface area (Å²) in [6, 6.07) is 1.57. The molecule has 1 aromatic carbocycles. The molecule has 0 bridgehead atoms. The smallest absolute Gasteiger partial charge is 0.257 e. The Labute approximate surface area is 110 Å². The minimum Gasteiger partial charge on any atom is -0.327 e. The van der Waals surface area contributed by atoms with Crippen molar-refractivity contribution in [2.75, 3.05) is 13.1 Å². The zero-order valence-corrected chi connectivity index (χ0v) is 10.6. The zero-order chi connectivity index (χ0) is 13.7. The van der Waals surface area contributed by atoms with Crippen LogP contribution in [0.2, 0.25) is 5.02 Å². The van der Waals surface area contributed by atoms with Gasteiger partial charge in [0.25, 0.3) is 5.91 Å². The maximum absolute atomic E-state index is 13.6. The number of carbonyl (C=O) groups is 1. The Kier molecular flexibility index (Phi) is 5.11. The fourth-order valence-corrected chi connectivity index (χ4v) is 1.64. The standard InChI is InChI=1S/C13H12ClF2NO/c1-3-5-17(6-4-2)13(18)9-7-12(16)10(14)8-11(9)15/h1,7-8H,4-6H2,2H3. The molecule has 0 aliphatic rings. The highest BCUT2D eigenvalue weighted by Crippen LogP contribution is 2.20. The first-order valence-corrected chi connectivity index (χ1v) is 5.76. The lowest BCUT2D eigenvalue weighted by Gasteiger charge is -2.19. The zero-order valence-electron chi connectivity index (χ0n) is 9.84. The molecule has 1 amide bonds. The second-order valence-electron chi connectivity index (χ2n) is 3.68. The molecule has 0 N–H and O–H groups in total. The number of halogens is 3. The second kappa shape index (κ2) is 6.36. The summed E-state index contributed by atoms with van der Waals surface area (Å²) in [5.41, 5.74) is -0.361. The van der Waals surface area contributed by atoms with Crippen LogP contribution in [0.15, 0.2) is 12.1 Å². The summed E-state index contributed by atoms with van der Waals surface area (Å²) in [7, 11) is 0. The molecule has 1 rings (SSSR count). The van der Waals surface area contributed by atoms with Gasteiger partial charge in [0.15, 0.2) is 0 Å². The van der Waals surface area contributed by atoms with Gasteiger partial charge in [0.05, 0.1) is 17.1 Å². The molecule has 0 atom stereocenters. The number of benzene rings is 1.